The molecule has 1 aliphatic rings. The SMILES string of the molecule is CCC(=O)c1ccc2c(c1)CCCN2S(C)(=O)=O. The lowest BCUT2D eigenvalue weighted by Crippen LogP contribution is -2.34. The second-order valence-corrected chi connectivity index (χ2v) is 6.47. The number of rotatable bonds is 3. The second kappa shape index (κ2) is 4.72. The molecular weight excluding hydrogens is 250 g/mol. The summed E-state index contributed by atoms with van der Waals surface area (Å²) in [5.41, 5.74) is 2.34. The van der Waals surface area contributed by atoms with Crippen molar-refractivity contribution in [2.45, 2.75) is 26.2 Å². The van der Waals surface area contributed by atoms with Crippen molar-refractivity contribution in [2.24, 2.45) is 0 Å². The fourth-order valence-corrected chi connectivity index (χ4v) is 3.28. The highest BCUT2D eigenvalue weighted by atomic mass is 32.2. The molecular formula is C13H17NO3S. The van der Waals surface area contributed by atoms with Crippen molar-refractivity contribution in [3.05, 3.63) is 29.3 Å². The zero-order chi connectivity index (χ0) is 13.3. The summed E-state index contributed by atoms with van der Waals surface area (Å²) in [4.78, 5) is 11.6. The third-order valence-corrected chi connectivity index (χ3v) is 4.38. The van der Waals surface area contributed by atoms with Gasteiger partial charge in [0.2, 0.25) is 10.0 Å². The van der Waals surface area contributed by atoms with E-state index in [1.165, 1.54) is 10.6 Å². The molecule has 98 valence electrons. The standard InChI is InChI=1S/C13H17NO3S/c1-3-13(15)11-6-7-12-10(9-11)5-4-8-14(12)18(2,16)17/h6-7,9H,3-5,8H2,1-2H3. The summed E-state index contributed by atoms with van der Waals surface area (Å²) in [7, 11) is -3.23. The van der Waals surface area contributed by atoms with Gasteiger partial charge in [-0.2, -0.15) is 0 Å². The Hall–Kier alpha value is -1.36. The number of benzene rings is 1. The number of fused-ring (bicyclic) bond motifs is 1. The molecule has 2 rings (SSSR count). The number of Topliss-reactive ketones (excluding diaryl/α,β-unsaturated/α-hetero) is 1. The van der Waals surface area contributed by atoms with Crippen molar-refractivity contribution in [3.63, 3.8) is 0 Å². The molecule has 1 aliphatic heterocycles. The molecule has 0 aromatic heterocycles. The minimum absolute atomic E-state index is 0.0919. The quantitative estimate of drug-likeness (QED) is 0.787. The molecule has 0 spiro atoms. The summed E-state index contributed by atoms with van der Waals surface area (Å²) < 4.78 is 24.8. The molecule has 0 radical (unpaired) electrons. The highest BCUT2D eigenvalue weighted by Crippen LogP contribution is 2.30. The van der Waals surface area contributed by atoms with E-state index in [1.807, 2.05) is 13.0 Å². The molecule has 4 nitrogen and oxygen atoms in total. The predicted octanol–water partition coefficient (Wildman–Crippen LogP) is 1.99. The maximum Gasteiger partial charge on any atom is 0.232 e. The molecule has 0 amide bonds. The molecule has 18 heavy (non-hydrogen) atoms. The molecule has 5 heteroatoms. The van der Waals surface area contributed by atoms with E-state index >= 15 is 0 Å². The zero-order valence-corrected chi connectivity index (χ0v) is 11.5. The summed E-state index contributed by atoms with van der Waals surface area (Å²) in [5.74, 6) is 0.0919. The molecule has 0 aliphatic carbocycles. The van der Waals surface area contributed by atoms with E-state index in [1.54, 1.807) is 12.1 Å². The summed E-state index contributed by atoms with van der Waals surface area (Å²) in [6.07, 6.45) is 3.30. The van der Waals surface area contributed by atoms with Gasteiger partial charge in [0.25, 0.3) is 0 Å². The number of ketones is 1. The highest BCUT2D eigenvalue weighted by molar-refractivity contribution is 7.92. The third-order valence-electron chi connectivity index (χ3n) is 3.20. The lowest BCUT2D eigenvalue weighted by atomic mass is 9.98. The van der Waals surface area contributed by atoms with Crippen LogP contribution in [0.4, 0.5) is 5.69 Å². The van der Waals surface area contributed by atoms with Gasteiger partial charge in [-0.1, -0.05) is 6.92 Å². The molecule has 1 heterocycles. The summed E-state index contributed by atoms with van der Waals surface area (Å²) in [6, 6.07) is 5.30. The molecule has 0 fully saturated rings. The fraction of sp³-hybridized carbons (Fsp3) is 0.462. The molecule has 1 aromatic rings. The maximum absolute atomic E-state index is 11.7. The number of carbonyl (C=O) groups is 1. The lowest BCUT2D eigenvalue weighted by molar-refractivity contribution is 0.0988. The average molecular weight is 267 g/mol. The Morgan fingerprint density at radius 2 is 2.11 bits per heavy atom. The monoisotopic (exact) mass is 267 g/mol. The number of hydrogen-bond donors (Lipinski definition) is 0. The van der Waals surface area contributed by atoms with Gasteiger partial charge in [-0.05, 0) is 36.6 Å². The van der Waals surface area contributed by atoms with Crippen LogP contribution in [0.15, 0.2) is 18.2 Å². The second-order valence-electron chi connectivity index (χ2n) is 4.56. The number of aryl methyl sites for hydroxylation is 1. The Labute approximate surface area is 108 Å². The number of hydrogen-bond acceptors (Lipinski definition) is 3. The van der Waals surface area contributed by atoms with Crippen LogP contribution in [0, 0.1) is 0 Å². The van der Waals surface area contributed by atoms with E-state index in [-0.39, 0.29) is 5.78 Å². The molecule has 0 atom stereocenters. The van der Waals surface area contributed by atoms with Gasteiger partial charge in [0.15, 0.2) is 5.78 Å². The first kappa shape index (κ1) is 13.1. The van der Waals surface area contributed by atoms with Crippen molar-refractivity contribution in [1.82, 2.24) is 0 Å². The summed E-state index contributed by atoms with van der Waals surface area (Å²) in [6.45, 7) is 2.34. The van der Waals surface area contributed by atoms with Gasteiger partial charge in [0, 0.05) is 18.5 Å². The molecule has 0 unspecified atom stereocenters. The van der Waals surface area contributed by atoms with Crippen LogP contribution in [0.3, 0.4) is 0 Å². The lowest BCUT2D eigenvalue weighted by Gasteiger charge is -2.29. The summed E-state index contributed by atoms with van der Waals surface area (Å²) in [5, 5.41) is 0. The number of nitrogens with zero attached hydrogens (tertiary/aromatic N) is 1. The third kappa shape index (κ3) is 2.41. The Bertz CT molecular complexity index is 578. The first-order valence-corrected chi connectivity index (χ1v) is 7.92. The van der Waals surface area contributed by atoms with E-state index in [4.69, 9.17) is 0 Å². The van der Waals surface area contributed by atoms with E-state index in [2.05, 4.69) is 0 Å². The normalized spacial score (nSPS) is 15.3. The van der Waals surface area contributed by atoms with Gasteiger partial charge in [-0.15, -0.1) is 0 Å². The van der Waals surface area contributed by atoms with Crippen molar-refractivity contribution < 1.29 is 13.2 Å². The van der Waals surface area contributed by atoms with E-state index in [0.29, 0.717) is 18.5 Å². The van der Waals surface area contributed by atoms with Crippen LogP contribution >= 0.6 is 0 Å². The van der Waals surface area contributed by atoms with E-state index in [9.17, 15) is 13.2 Å². The van der Waals surface area contributed by atoms with E-state index in [0.717, 1.165) is 24.1 Å². The highest BCUT2D eigenvalue weighted by Gasteiger charge is 2.24. The van der Waals surface area contributed by atoms with Gasteiger partial charge < -0.3 is 0 Å². The molecule has 0 N–H and O–H groups in total. The topological polar surface area (TPSA) is 54.5 Å². The summed E-state index contributed by atoms with van der Waals surface area (Å²) >= 11 is 0. The van der Waals surface area contributed by atoms with Crippen LogP contribution < -0.4 is 4.31 Å². The van der Waals surface area contributed by atoms with Crippen LogP contribution in [0.1, 0.15) is 35.7 Å². The Kier molecular flexibility index (Phi) is 3.43. The van der Waals surface area contributed by atoms with Crippen molar-refractivity contribution in [2.75, 3.05) is 17.1 Å². The first-order chi connectivity index (χ1) is 8.43. The van der Waals surface area contributed by atoms with Crippen molar-refractivity contribution in [1.29, 1.82) is 0 Å². The van der Waals surface area contributed by atoms with Gasteiger partial charge in [0.05, 0.1) is 11.9 Å². The van der Waals surface area contributed by atoms with Gasteiger partial charge in [-0.3, -0.25) is 9.10 Å². The zero-order valence-electron chi connectivity index (χ0n) is 10.6. The Morgan fingerprint density at radius 3 is 2.72 bits per heavy atom. The predicted molar refractivity (Wildman–Crippen MR) is 71.6 cm³/mol. The van der Waals surface area contributed by atoms with Crippen LogP contribution in [0.5, 0.6) is 0 Å². The molecule has 0 saturated heterocycles. The minimum Gasteiger partial charge on any atom is -0.294 e. The van der Waals surface area contributed by atoms with Crippen molar-refractivity contribution in [3.8, 4) is 0 Å². The number of sulfonamides is 1. The van der Waals surface area contributed by atoms with Gasteiger partial charge in [-0.25, -0.2) is 8.42 Å². The molecule has 0 bridgehead atoms. The average Bonchev–Trinajstić information content (AvgIpc) is 2.35. The Morgan fingerprint density at radius 1 is 1.39 bits per heavy atom. The Balaban J connectivity index is 2.46. The smallest absolute Gasteiger partial charge is 0.232 e. The first-order valence-electron chi connectivity index (χ1n) is 6.07. The van der Waals surface area contributed by atoms with Crippen LogP contribution in [-0.4, -0.2) is 27.0 Å². The van der Waals surface area contributed by atoms with Crippen molar-refractivity contribution >= 4 is 21.5 Å². The van der Waals surface area contributed by atoms with Gasteiger partial charge in [0.1, 0.15) is 0 Å². The van der Waals surface area contributed by atoms with Crippen LogP contribution in [-0.2, 0) is 16.4 Å². The molecule has 1 aromatic carbocycles. The number of carbonyl (C=O) groups excluding carboxylic acids is 1. The largest absolute Gasteiger partial charge is 0.294 e. The number of anilines is 1. The maximum atomic E-state index is 11.7. The van der Waals surface area contributed by atoms with Crippen LogP contribution in [0.2, 0.25) is 0 Å². The van der Waals surface area contributed by atoms with Gasteiger partial charge >= 0.3 is 0 Å². The fourth-order valence-electron chi connectivity index (χ4n) is 2.28. The molecule has 0 saturated carbocycles. The van der Waals surface area contributed by atoms with E-state index < -0.39 is 10.0 Å². The minimum atomic E-state index is -3.23. The van der Waals surface area contributed by atoms with Crippen LogP contribution in [0.25, 0.3) is 0 Å².